The fraction of sp³-hybridized carbons (Fsp3) is 0.0556. The second kappa shape index (κ2) is 7.60. The SMILES string of the molecule is Nc1nc2ccc(-c3cncc(S(=O)(=O)NCc4cccc(Cl)c4Cl)c3)cn2n1. The Morgan fingerprint density at radius 3 is 2.76 bits per heavy atom. The number of pyridine rings is 2. The predicted octanol–water partition coefficient (Wildman–Crippen LogP) is 3.16. The van der Waals surface area contributed by atoms with Crippen LogP contribution in [0, 0.1) is 0 Å². The summed E-state index contributed by atoms with van der Waals surface area (Å²) in [6.45, 7) is -0.00382. The van der Waals surface area contributed by atoms with E-state index in [9.17, 15) is 8.42 Å². The lowest BCUT2D eigenvalue weighted by molar-refractivity contribution is 0.581. The highest BCUT2D eigenvalue weighted by Gasteiger charge is 2.17. The third-order valence-electron chi connectivity index (χ3n) is 4.19. The van der Waals surface area contributed by atoms with Crippen LogP contribution in [0.2, 0.25) is 10.0 Å². The van der Waals surface area contributed by atoms with Crippen molar-refractivity contribution < 1.29 is 8.42 Å². The second-order valence-electron chi connectivity index (χ2n) is 6.14. The number of rotatable bonds is 5. The molecule has 148 valence electrons. The van der Waals surface area contributed by atoms with Gasteiger partial charge in [0.1, 0.15) is 4.90 Å². The topological polar surface area (TPSA) is 115 Å². The number of benzene rings is 1. The van der Waals surface area contributed by atoms with Gasteiger partial charge < -0.3 is 5.73 Å². The van der Waals surface area contributed by atoms with Gasteiger partial charge in [0.15, 0.2) is 5.65 Å². The van der Waals surface area contributed by atoms with Crippen molar-refractivity contribution in [1.82, 2.24) is 24.3 Å². The highest BCUT2D eigenvalue weighted by Crippen LogP contribution is 2.26. The van der Waals surface area contributed by atoms with Gasteiger partial charge in [-0.1, -0.05) is 35.3 Å². The Balaban J connectivity index is 1.61. The highest BCUT2D eigenvalue weighted by molar-refractivity contribution is 7.89. The number of nitrogens with two attached hydrogens (primary N) is 1. The van der Waals surface area contributed by atoms with Crippen LogP contribution in [0.25, 0.3) is 16.8 Å². The normalized spacial score (nSPS) is 11.8. The first-order valence-electron chi connectivity index (χ1n) is 8.33. The Morgan fingerprint density at radius 2 is 1.93 bits per heavy atom. The molecule has 1 aromatic carbocycles. The van der Waals surface area contributed by atoms with E-state index in [0.29, 0.717) is 32.4 Å². The number of nitrogen functional groups attached to an aromatic ring is 1. The maximum Gasteiger partial charge on any atom is 0.242 e. The van der Waals surface area contributed by atoms with Gasteiger partial charge in [0, 0.05) is 36.3 Å². The Labute approximate surface area is 176 Å². The van der Waals surface area contributed by atoms with Gasteiger partial charge in [0.05, 0.1) is 10.0 Å². The summed E-state index contributed by atoms with van der Waals surface area (Å²) in [6, 6.07) is 10.1. The van der Waals surface area contributed by atoms with Crippen molar-refractivity contribution in [3.8, 4) is 11.1 Å². The minimum absolute atomic E-state index is 0.00382. The molecule has 0 fully saturated rings. The van der Waals surface area contributed by atoms with Crippen LogP contribution in [-0.4, -0.2) is 28.0 Å². The summed E-state index contributed by atoms with van der Waals surface area (Å²) in [5, 5.41) is 4.72. The summed E-state index contributed by atoms with van der Waals surface area (Å²) in [4.78, 5) is 8.14. The smallest absolute Gasteiger partial charge is 0.242 e. The Bertz CT molecular complexity index is 1320. The van der Waals surface area contributed by atoms with Gasteiger partial charge in [0.25, 0.3) is 0 Å². The molecule has 11 heteroatoms. The zero-order valence-electron chi connectivity index (χ0n) is 14.8. The lowest BCUT2D eigenvalue weighted by Gasteiger charge is -2.10. The highest BCUT2D eigenvalue weighted by atomic mass is 35.5. The number of fused-ring (bicyclic) bond motifs is 1. The van der Waals surface area contributed by atoms with Crippen LogP contribution >= 0.6 is 23.2 Å². The van der Waals surface area contributed by atoms with Crippen LogP contribution in [0.3, 0.4) is 0 Å². The summed E-state index contributed by atoms with van der Waals surface area (Å²) in [7, 11) is -3.83. The molecule has 0 aliphatic carbocycles. The largest absolute Gasteiger partial charge is 0.366 e. The molecular weight excluding hydrogens is 435 g/mol. The van der Waals surface area contributed by atoms with E-state index < -0.39 is 10.0 Å². The van der Waals surface area contributed by atoms with E-state index >= 15 is 0 Å². The fourth-order valence-electron chi connectivity index (χ4n) is 2.74. The second-order valence-corrected chi connectivity index (χ2v) is 8.69. The molecular formula is C18H14Cl2N6O2S. The lowest BCUT2D eigenvalue weighted by Crippen LogP contribution is -2.23. The summed E-state index contributed by atoms with van der Waals surface area (Å²) < 4.78 is 29.5. The summed E-state index contributed by atoms with van der Waals surface area (Å²) in [6.07, 6.45) is 4.54. The minimum Gasteiger partial charge on any atom is -0.366 e. The monoisotopic (exact) mass is 448 g/mol. The summed E-state index contributed by atoms with van der Waals surface area (Å²) in [5.41, 5.74) is 8.07. The van der Waals surface area contributed by atoms with Gasteiger partial charge in [-0.25, -0.2) is 17.7 Å². The Hall–Kier alpha value is -2.72. The number of halogens is 2. The fourth-order valence-corrected chi connectivity index (χ4v) is 4.12. The van der Waals surface area contributed by atoms with Gasteiger partial charge in [-0.15, -0.1) is 5.10 Å². The molecule has 8 nitrogen and oxygen atoms in total. The van der Waals surface area contributed by atoms with E-state index in [-0.39, 0.29) is 17.4 Å². The van der Waals surface area contributed by atoms with Gasteiger partial charge in [-0.05, 0) is 29.8 Å². The van der Waals surface area contributed by atoms with E-state index in [1.54, 1.807) is 42.7 Å². The van der Waals surface area contributed by atoms with Crippen molar-refractivity contribution in [2.45, 2.75) is 11.4 Å². The molecule has 0 radical (unpaired) electrons. The van der Waals surface area contributed by atoms with Crippen molar-refractivity contribution >= 4 is 44.8 Å². The third-order valence-corrected chi connectivity index (χ3v) is 6.41. The number of aromatic nitrogens is 4. The quantitative estimate of drug-likeness (QED) is 0.484. The van der Waals surface area contributed by atoms with E-state index in [2.05, 4.69) is 19.8 Å². The standard InChI is InChI=1S/C18H14Cl2N6O2S/c19-15-3-1-2-11(17(15)20)8-23-29(27,28)14-6-13(7-22-9-14)12-4-5-16-24-18(21)25-26(16)10-12/h1-7,9-10,23H,8H2,(H2,21,25). The van der Waals surface area contributed by atoms with Crippen molar-refractivity contribution in [2.24, 2.45) is 0 Å². The van der Waals surface area contributed by atoms with Crippen LogP contribution in [0.15, 0.2) is 59.9 Å². The zero-order valence-corrected chi connectivity index (χ0v) is 17.1. The molecule has 4 aromatic rings. The summed E-state index contributed by atoms with van der Waals surface area (Å²) >= 11 is 12.1. The molecule has 3 aromatic heterocycles. The number of nitrogens with zero attached hydrogens (tertiary/aromatic N) is 4. The number of nitrogens with one attached hydrogen (secondary N) is 1. The van der Waals surface area contributed by atoms with Crippen molar-refractivity contribution in [3.05, 3.63) is 70.6 Å². The number of hydrogen-bond acceptors (Lipinski definition) is 6. The van der Waals surface area contributed by atoms with Crippen LogP contribution in [-0.2, 0) is 16.6 Å². The van der Waals surface area contributed by atoms with Gasteiger partial charge in [-0.3, -0.25) is 4.98 Å². The average molecular weight is 449 g/mol. The van der Waals surface area contributed by atoms with Crippen molar-refractivity contribution in [3.63, 3.8) is 0 Å². The third kappa shape index (κ3) is 4.03. The Morgan fingerprint density at radius 1 is 1.10 bits per heavy atom. The van der Waals surface area contributed by atoms with Crippen molar-refractivity contribution in [2.75, 3.05) is 5.73 Å². The predicted molar refractivity (Wildman–Crippen MR) is 111 cm³/mol. The summed E-state index contributed by atoms with van der Waals surface area (Å²) in [5.74, 6) is 0.153. The van der Waals surface area contributed by atoms with Crippen LogP contribution in [0.5, 0.6) is 0 Å². The molecule has 0 saturated carbocycles. The molecule has 0 spiro atoms. The Kier molecular flexibility index (Phi) is 5.13. The molecule has 3 N–H and O–H groups in total. The van der Waals surface area contributed by atoms with Crippen LogP contribution in [0.1, 0.15) is 5.56 Å². The first kappa shape index (κ1) is 19.6. The number of anilines is 1. The molecule has 4 rings (SSSR count). The average Bonchev–Trinajstić information content (AvgIpc) is 3.08. The number of hydrogen-bond donors (Lipinski definition) is 2. The van der Waals surface area contributed by atoms with E-state index in [1.165, 1.54) is 16.8 Å². The van der Waals surface area contributed by atoms with Gasteiger partial charge >= 0.3 is 0 Å². The number of sulfonamides is 1. The maximum absolute atomic E-state index is 12.7. The maximum atomic E-state index is 12.7. The van der Waals surface area contributed by atoms with E-state index in [1.807, 2.05) is 0 Å². The van der Waals surface area contributed by atoms with E-state index in [4.69, 9.17) is 28.9 Å². The molecule has 29 heavy (non-hydrogen) atoms. The molecule has 0 aliphatic heterocycles. The first-order valence-corrected chi connectivity index (χ1v) is 10.6. The zero-order chi connectivity index (χ0) is 20.6. The molecule has 0 bridgehead atoms. The molecule has 0 atom stereocenters. The molecule has 3 heterocycles. The van der Waals surface area contributed by atoms with Gasteiger partial charge in [0.2, 0.25) is 16.0 Å². The lowest BCUT2D eigenvalue weighted by atomic mass is 10.1. The molecule has 0 unspecified atom stereocenters. The molecule has 0 saturated heterocycles. The molecule has 0 aliphatic rings. The molecule has 0 amide bonds. The van der Waals surface area contributed by atoms with Crippen LogP contribution in [0.4, 0.5) is 5.95 Å². The minimum atomic E-state index is -3.83. The van der Waals surface area contributed by atoms with Crippen LogP contribution < -0.4 is 10.5 Å². The van der Waals surface area contributed by atoms with Gasteiger partial charge in [-0.2, -0.15) is 4.98 Å². The first-order chi connectivity index (χ1) is 13.8. The van der Waals surface area contributed by atoms with E-state index in [0.717, 1.165) is 0 Å². The van der Waals surface area contributed by atoms with Crippen molar-refractivity contribution in [1.29, 1.82) is 0 Å².